The molecule has 24 heavy (non-hydrogen) atoms. The van der Waals surface area contributed by atoms with E-state index in [1.165, 1.54) is 28.4 Å². The number of carbonyl (C=O) groups is 2. The number of aliphatic carboxylic acids is 1. The van der Waals surface area contributed by atoms with E-state index in [0.29, 0.717) is 11.5 Å². The van der Waals surface area contributed by atoms with E-state index in [0.717, 1.165) is 16.0 Å². The molecule has 7 heteroatoms. The highest BCUT2D eigenvalue weighted by Gasteiger charge is 2.34. The topological polar surface area (TPSA) is 66.8 Å². The maximum absolute atomic E-state index is 13.1. The Morgan fingerprint density at radius 1 is 1.33 bits per heavy atom. The van der Waals surface area contributed by atoms with Crippen molar-refractivity contribution in [3.05, 3.63) is 46.6 Å². The van der Waals surface area contributed by atoms with Crippen molar-refractivity contribution >= 4 is 23.2 Å². The Morgan fingerprint density at radius 2 is 2.04 bits per heavy atom. The number of carboxylic acid groups (broad SMARTS) is 1. The van der Waals surface area contributed by atoms with Crippen LogP contribution in [-0.2, 0) is 9.53 Å². The lowest BCUT2D eigenvalue weighted by Gasteiger charge is -2.32. The van der Waals surface area contributed by atoms with Crippen molar-refractivity contribution in [3.8, 4) is 10.4 Å². The number of ether oxygens (including phenoxy) is 1. The fourth-order valence-corrected chi connectivity index (χ4v) is 3.80. The van der Waals surface area contributed by atoms with Gasteiger partial charge >= 0.3 is 5.97 Å². The molecule has 1 N–H and O–H groups in total. The molecule has 2 heterocycles. The highest BCUT2D eigenvalue weighted by Crippen LogP contribution is 2.33. The lowest BCUT2D eigenvalue weighted by atomic mass is 10.1. The number of rotatable bonds is 3. The number of hydrogen-bond acceptors (Lipinski definition) is 4. The molecule has 1 amide bonds. The van der Waals surface area contributed by atoms with Crippen molar-refractivity contribution < 1.29 is 23.8 Å². The quantitative estimate of drug-likeness (QED) is 0.925. The van der Waals surface area contributed by atoms with Gasteiger partial charge in [0, 0.05) is 11.4 Å². The molecule has 1 fully saturated rings. The molecule has 1 aliphatic heterocycles. The molecule has 0 aliphatic carbocycles. The number of carboxylic acids is 1. The van der Waals surface area contributed by atoms with E-state index in [1.54, 1.807) is 18.2 Å². The SMILES string of the molecule is Cc1cc(C(=O)N2CCOCC2C(=O)O)sc1-c1ccc(F)cc1. The summed E-state index contributed by atoms with van der Waals surface area (Å²) in [7, 11) is 0. The van der Waals surface area contributed by atoms with Crippen LogP contribution in [0.25, 0.3) is 10.4 Å². The molecule has 1 aliphatic rings. The second-order valence-corrected chi connectivity index (χ2v) is 6.61. The van der Waals surface area contributed by atoms with E-state index in [2.05, 4.69) is 0 Å². The van der Waals surface area contributed by atoms with Gasteiger partial charge in [0.25, 0.3) is 5.91 Å². The van der Waals surface area contributed by atoms with Gasteiger partial charge in [-0.15, -0.1) is 11.3 Å². The maximum Gasteiger partial charge on any atom is 0.328 e. The molecule has 1 saturated heterocycles. The van der Waals surface area contributed by atoms with Crippen LogP contribution < -0.4 is 0 Å². The minimum atomic E-state index is -1.07. The van der Waals surface area contributed by atoms with Crippen LogP contribution in [0.5, 0.6) is 0 Å². The molecule has 0 saturated carbocycles. The molecule has 3 rings (SSSR count). The van der Waals surface area contributed by atoms with Crippen LogP contribution in [0.15, 0.2) is 30.3 Å². The fraction of sp³-hybridized carbons (Fsp3) is 0.294. The van der Waals surface area contributed by atoms with Crippen LogP contribution in [0.4, 0.5) is 4.39 Å². The Balaban J connectivity index is 1.89. The standard InChI is InChI=1S/C17H16FNO4S/c1-10-8-14(24-15(10)11-2-4-12(18)5-3-11)16(20)19-6-7-23-9-13(19)17(21)22/h2-5,8,13H,6-7,9H2,1H3,(H,21,22). The second kappa shape index (κ2) is 6.70. The summed E-state index contributed by atoms with van der Waals surface area (Å²) in [5, 5.41) is 9.26. The van der Waals surface area contributed by atoms with Crippen LogP contribution in [0.2, 0.25) is 0 Å². The number of benzene rings is 1. The van der Waals surface area contributed by atoms with Crippen LogP contribution in [0.1, 0.15) is 15.2 Å². The smallest absolute Gasteiger partial charge is 0.328 e. The molecule has 0 spiro atoms. The average molecular weight is 349 g/mol. The number of aryl methyl sites for hydroxylation is 1. The maximum atomic E-state index is 13.1. The summed E-state index contributed by atoms with van der Waals surface area (Å²) in [5.74, 6) is -1.70. The number of thiophene rings is 1. The summed E-state index contributed by atoms with van der Waals surface area (Å²) < 4.78 is 18.2. The van der Waals surface area contributed by atoms with Gasteiger partial charge in [-0.25, -0.2) is 9.18 Å². The van der Waals surface area contributed by atoms with Crippen molar-refractivity contribution in [2.24, 2.45) is 0 Å². The van der Waals surface area contributed by atoms with E-state index in [4.69, 9.17) is 4.74 Å². The number of halogens is 1. The highest BCUT2D eigenvalue weighted by atomic mass is 32.1. The molecule has 0 radical (unpaired) electrons. The molecule has 1 atom stereocenters. The lowest BCUT2D eigenvalue weighted by Crippen LogP contribution is -2.52. The van der Waals surface area contributed by atoms with Crippen molar-refractivity contribution in [1.82, 2.24) is 4.90 Å². The van der Waals surface area contributed by atoms with Gasteiger partial charge in [0.05, 0.1) is 18.1 Å². The van der Waals surface area contributed by atoms with Crippen LogP contribution in [0, 0.1) is 12.7 Å². The zero-order valence-electron chi connectivity index (χ0n) is 13.0. The third-order valence-electron chi connectivity index (χ3n) is 3.91. The Bertz CT molecular complexity index is 771. The van der Waals surface area contributed by atoms with Gasteiger partial charge in [0.15, 0.2) is 6.04 Å². The van der Waals surface area contributed by atoms with Crippen molar-refractivity contribution in [2.45, 2.75) is 13.0 Å². The summed E-state index contributed by atoms with van der Waals surface area (Å²) in [6, 6.07) is 6.86. The largest absolute Gasteiger partial charge is 0.480 e. The van der Waals surface area contributed by atoms with Gasteiger partial charge in [-0.1, -0.05) is 12.1 Å². The van der Waals surface area contributed by atoms with Gasteiger partial charge in [0.1, 0.15) is 5.82 Å². The number of hydrogen-bond donors (Lipinski definition) is 1. The van der Waals surface area contributed by atoms with Gasteiger partial charge < -0.3 is 14.7 Å². The zero-order chi connectivity index (χ0) is 17.3. The Labute approximate surface area is 142 Å². The summed E-state index contributed by atoms with van der Waals surface area (Å²) in [4.78, 5) is 26.7. The van der Waals surface area contributed by atoms with Crippen molar-refractivity contribution in [1.29, 1.82) is 0 Å². The molecule has 1 unspecified atom stereocenters. The monoisotopic (exact) mass is 349 g/mol. The predicted octanol–water partition coefficient (Wildman–Crippen LogP) is 2.79. The first kappa shape index (κ1) is 16.6. The highest BCUT2D eigenvalue weighted by molar-refractivity contribution is 7.17. The molecule has 0 bridgehead atoms. The van der Waals surface area contributed by atoms with Gasteiger partial charge in [-0.05, 0) is 36.2 Å². The Kier molecular flexibility index (Phi) is 4.64. The van der Waals surface area contributed by atoms with Gasteiger partial charge in [0.2, 0.25) is 0 Å². The molecular formula is C17H16FNO4S. The Hall–Kier alpha value is -2.25. The number of nitrogens with zero attached hydrogens (tertiary/aromatic N) is 1. The number of carbonyl (C=O) groups excluding carboxylic acids is 1. The summed E-state index contributed by atoms with van der Waals surface area (Å²) in [6.45, 7) is 2.44. The molecule has 5 nitrogen and oxygen atoms in total. The van der Waals surface area contributed by atoms with Gasteiger partial charge in [-0.3, -0.25) is 4.79 Å². The van der Waals surface area contributed by atoms with Crippen LogP contribution in [0.3, 0.4) is 0 Å². The minimum Gasteiger partial charge on any atom is -0.480 e. The first-order chi connectivity index (χ1) is 11.5. The summed E-state index contributed by atoms with van der Waals surface area (Å²) in [5.41, 5.74) is 1.73. The second-order valence-electron chi connectivity index (χ2n) is 5.56. The first-order valence-corrected chi connectivity index (χ1v) is 8.27. The van der Waals surface area contributed by atoms with E-state index < -0.39 is 12.0 Å². The first-order valence-electron chi connectivity index (χ1n) is 7.45. The average Bonchev–Trinajstić information content (AvgIpc) is 2.96. The summed E-state index contributed by atoms with van der Waals surface area (Å²) in [6.07, 6.45) is 0. The normalized spacial score (nSPS) is 17.8. The van der Waals surface area contributed by atoms with E-state index in [1.807, 2.05) is 6.92 Å². The molecular weight excluding hydrogens is 333 g/mol. The van der Waals surface area contributed by atoms with Crippen LogP contribution >= 0.6 is 11.3 Å². The summed E-state index contributed by atoms with van der Waals surface area (Å²) >= 11 is 1.29. The predicted molar refractivity (Wildman–Crippen MR) is 87.7 cm³/mol. The zero-order valence-corrected chi connectivity index (χ0v) is 13.8. The van der Waals surface area contributed by atoms with E-state index >= 15 is 0 Å². The molecule has 126 valence electrons. The third kappa shape index (κ3) is 3.18. The van der Waals surface area contributed by atoms with Crippen molar-refractivity contribution in [3.63, 3.8) is 0 Å². The lowest BCUT2D eigenvalue weighted by molar-refractivity contribution is -0.147. The molecule has 2 aromatic rings. The van der Waals surface area contributed by atoms with E-state index in [9.17, 15) is 19.1 Å². The Morgan fingerprint density at radius 3 is 2.71 bits per heavy atom. The van der Waals surface area contributed by atoms with Gasteiger partial charge in [-0.2, -0.15) is 0 Å². The van der Waals surface area contributed by atoms with E-state index in [-0.39, 0.29) is 24.9 Å². The minimum absolute atomic E-state index is 0.00372. The number of morpholine rings is 1. The molecule has 1 aromatic heterocycles. The third-order valence-corrected chi connectivity index (χ3v) is 5.18. The molecule has 1 aromatic carbocycles. The van der Waals surface area contributed by atoms with Crippen LogP contribution in [-0.4, -0.2) is 47.7 Å². The van der Waals surface area contributed by atoms with Crippen molar-refractivity contribution in [2.75, 3.05) is 19.8 Å². The fourth-order valence-electron chi connectivity index (χ4n) is 2.67. The number of amides is 1.